The fourth-order valence-corrected chi connectivity index (χ4v) is 1.89. The van der Waals surface area contributed by atoms with Crippen LogP contribution >= 0.6 is 11.6 Å². The third-order valence-corrected chi connectivity index (χ3v) is 3.57. The second-order valence-corrected chi connectivity index (χ2v) is 4.95. The fourth-order valence-electron chi connectivity index (χ4n) is 1.70. The van der Waals surface area contributed by atoms with Gasteiger partial charge in [0.25, 0.3) is 0 Å². The van der Waals surface area contributed by atoms with Gasteiger partial charge in [0.2, 0.25) is 5.91 Å². The minimum Gasteiger partial charge on any atom is -0.371 e. The van der Waals surface area contributed by atoms with Crippen LogP contribution in [0.15, 0.2) is 24.3 Å². The van der Waals surface area contributed by atoms with Crippen LogP contribution < -0.4 is 11.1 Å². The molecule has 94 valence electrons. The van der Waals surface area contributed by atoms with E-state index in [2.05, 4.69) is 5.32 Å². The largest absolute Gasteiger partial charge is 0.371 e. The summed E-state index contributed by atoms with van der Waals surface area (Å²) in [5.74, 6) is -0.217. The van der Waals surface area contributed by atoms with Crippen LogP contribution in [0.1, 0.15) is 27.2 Å². The van der Waals surface area contributed by atoms with Crippen LogP contribution in [0.25, 0.3) is 0 Å². The van der Waals surface area contributed by atoms with Crippen LogP contribution in [-0.4, -0.2) is 11.4 Å². The number of anilines is 1. The highest BCUT2D eigenvalue weighted by Gasteiger charge is 2.36. The van der Waals surface area contributed by atoms with E-state index in [1.807, 2.05) is 32.9 Å². The van der Waals surface area contributed by atoms with Crippen molar-refractivity contribution < 1.29 is 4.79 Å². The highest BCUT2D eigenvalue weighted by atomic mass is 35.5. The van der Waals surface area contributed by atoms with E-state index in [0.717, 1.165) is 12.1 Å². The Labute approximate surface area is 107 Å². The van der Waals surface area contributed by atoms with Crippen LogP contribution in [0, 0.1) is 5.92 Å². The summed E-state index contributed by atoms with van der Waals surface area (Å²) >= 11 is 5.91. The summed E-state index contributed by atoms with van der Waals surface area (Å²) in [7, 11) is 0. The van der Waals surface area contributed by atoms with Crippen molar-refractivity contribution >= 4 is 23.2 Å². The molecule has 0 bridgehead atoms. The monoisotopic (exact) mass is 254 g/mol. The number of nitrogens with two attached hydrogens (primary N) is 1. The number of carbonyl (C=O) groups is 1. The number of primary amides is 1. The molecule has 0 spiro atoms. The molecule has 17 heavy (non-hydrogen) atoms. The van der Waals surface area contributed by atoms with Gasteiger partial charge in [0.05, 0.1) is 0 Å². The van der Waals surface area contributed by atoms with Gasteiger partial charge in [0, 0.05) is 10.7 Å². The van der Waals surface area contributed by atoms with E-state index in [-0.39, 0.29) is 11.8 Å². The van der Waals surface area contributed by atoms with Gasteiger partial charge in [-0.15, -0.1) is 0 Å². The molecule has 0 saturated carbocycles. The summed E-state index contributed by atoms with van der Waals surface area (Å²) in [5.41, 5.74) is 5.54. The fraction of sp³-hybridized carbons (Fsp3) is 0.462. The number of hydrogen-bond donors (Lipinski definition) is 2. The van der Waals surface area contributed by atoms with Gasteiger partial charge in [-0.2, -0.15) is 0 Å². The van der Waals surface area contributed by atoms with Crippen molar-refractivity contribution in [2.75, 3.05) is 5.32 Å². The first-order valence-corrected chi connectivity index (χ1v) is 6.11. The molecule has 1 rings (SSSR count). The van der Waals surface area contributed by atoms with Gasteiger partial charge in [-0.25, -0.2) is 0 Å². The number of rotatable bonds is 5. The van der Waals surface area contributed by atoms with Crippen LogP contribution in [0.2, 0.25) is 5.02 Å². The molecule has 4 heteroatoms. The maximum atomic E-state index is 11.6. The Morgan fingerprint density at radius 3 is 2.71 bits per heavy atom. The van der Waals surface area contributed by atoms with Crippen LogP contribution in [0.4, 0.5) is 5.69 Å². The Morgan fingerprint density at radius 2 is 2.24 bits per heavy atom. The van der Waals surface area contributed by atoms with E-state index < -0.39 is 5.54 Å². The van der Waals surface area contributed by atoms with E-state index in [0.29, 0.717) is 5.02 Å². The molecular formula is C13H19ClN2O. The molecule has 0 heterocycles. The Kier molecular flexibility index (Phi) is 4.40. The van der Waals surface area contributed by atoms with E-state index in [1.54, 1.807) is 12.1 Å². The molecule has 1 aromatic carbocycles. The highest BCUT2D eigenvalue weighted by molar-refractivity contribution is 6.30. The molecule has 3 nitrogen and oxygen atoms in total. The predicted octanol–water partition coefficient (Wildman–Crippen LogP) is 3.04. The van der Waals surface area contributed by atoms with Crippen molar-refractivity contribution in [3.05, 3.63) is 29.3 Å². The molecule has 2 atom stereocenters. The van der Waals surface area contributed by atoms with Crippen molar-refractivity contribution in [1.82, 2.24) is 0 Å². The molecule has 3 N–H and O–H groups in total. The zero-order valence-corrected chi connectivity index (χ0v) is 11.2. The summed E-state index contributed by atoms with van der Waals surface area (Å²) in [4.78, 5) is 11.6. The lowest BCUT2D eigenvalue weighted by Gasteiger charge is -2.34. The Hall–Kier alpha value is -1.22. The van der Waals surface area contributed by atoms with E-state index in [4.69, 9.17) is 17.3 Å². The average Bonchev–Trinajstić information content (AvgIpc) is 2.27. The van der Waals surface area contributed by atoms with Gasteiger partial charge in [-0.1, -0.05) is 37.9 Å². The molecule has 0 fully saturated rings. The standard InChI is InChI=1S/C13H19ClN2O/c1-4-9(2)13(3,12(15)17)16-11-7-5-6-10(14)8-11/h5-9,16H,4H2,1-3H3,(H2,15,17). The van der Waals surface area contributed by atoms with Crippen LogP contribution in [0.3, 0.4) is 0 Å². The van der Waals surface area contributed by atoms with Gasteiger partial charge in [0.15, 0.2) is 0 Å². The molecule has 0 aliphatic heterocycles. The lowest BCUT2D eigenvalue weighted by molar-refractivity contribution is -0.123. The smallest absolute Gasteiger partial charge is 0.243 e. The van der Waals surface area contributed by atoms with Crippen LogP contribution in [-0.2, 0) is 4.79 Å². The summed E-state index contributed by atoms with van der Waals surface area (Å²) < 4.78 is 0. The van der Waals surface area contributed by atoms with E-state index in [1.165, 1.54) is 0 Å². The van der Waals surface area contributed by atoms with Crippen molar-refractivity contribution in [2.45, 2.75) is 32.7 Å². The first-order valence-electron chi connectivity index (χ1n) is 5.73. The van der Waals surface area contributed by atoms with Gasteiger partial charge in [-0.3, -0.25) is 4.79 Å². The third kappa shape index (κ3) is 3.13. The topological polar surface area (TPSA) is 55.1 Å². The van der Waals surface area contributed by atoms with Gasteiger partial charge in [0.1, 0.15) is 5.54 Å². The number of halogens is 1. The number of benzene rings is 1. The number of amides is 1. The maximum Gasteiger partial charge on any atom is 0.243 e. The van der Waals surface area contributed by atoms with E-state index >= 15 is 0 Å². The quantitative estimate of drug-likeness (QED) is 0.849. The summed E-state index contributed by atoms with van der Waals surface area (Å²) in [6.45, 7) is 5.86. The Morgan fingerprint density at radius 1 is 1.59 bits per heavy atom. The predicted molar refractivity (Wildman–Crippen MR) is 72.1 cm³/mol. The number of carbonyl (C=O) groups excluding carboxylic acids is 1. The molecule has 0 saturated heterocycles. The van der Waals surface area contributed by atoms with Crippen LogP contribution in [0.5, 0.6) is 0 Å². The number of hydrogen-bond acceptors (Lipinski definition) is 2. The molecule has 0 aromatic heterocycles. The van der Waals surface area contributed by atoms with Crippen molar-refractivity contribution in [2.24, 2.45) is 11.7 Å². The molecular weight excluding hydrogens is 236 g/mol. The summed E-state index contributed by atoms with van der Waals surface area (Å²) in [6.07, 6.45) is 0.868. The SMILES string of the molecule is CCC(C)C(C)(Nc1cccc(Cl)c1)C(N)=O. The Bertz CT molecular complexity index is 408. The Balaban J connectivity index is 2.99. The summed E-state index contributed by atoms with van der Waals surface area (Å²) in [5, 5.41) is 3.82. The van der Waals surface area contributed by atoms with Gasteiger partial charge in [-0.05, 0) is 31.0 Å². The first kappa shape index (κ1) is 13.8. The molecule has 0 aliphatic rings. The molecule has 0 radical (unpaired) electrons. The third-order valence-electron chi connectivity index (χ3n) is 3.34. The van der Waals surface area contributed by atoms with Gasteiger partial charge < -0.3 is 11.1 Å². The second kappa shape index (κ2) is 5.41. The van der Waals surface area contributed by atoms with E-state index in [9.17, 15) is 4.79 Å². The zero-order chi connectivity index (χ0) is 13.1. The van der Waals surface area contributed by atoms with Crippen molar-refractivity contribution in [1.29, 1.82) is 0 Å². The maximum absolute atomic E-state index is 11.6. The molecule has 1 aromatic rings. The lowest BCUT2D eigenvalue weighted by atomic mass is 9.84. The highest BCUT2D eigenvalue weighted by Crippen LogP contribution is 2.26. The molecule has 1 amide bonds. The molecule has 0 aliphatic carbocycles. The minimum absolute atomic E-state index is 0.138. The zero-order valence-electron chi connectivity index (χ0n) is 10.5. The van der Waals surface area contributed by atoms with Crippen molar-refractivity contribution in [3.63, 3.8) is 0 Å². The first-order chi connectivity index (χ1) is 7.90. The molecule has 2 unspecified atom stereocenters. The second-order valence-electron chi connectivity index (χ2n) is 4.51. The van der Waals surface area contributed by atoms with Crippen molar-refractivity contribution in [3.8, 4) is 0 Å². The lowest BCUT2D eigenvalue weighted by Crippen LogP contribution is -2.52. The average molecular weight is 255 g/mol. The number of nitrogens with one attached hydrogen (secondary N) is 1. The normalized spacial score (nSPS) is 16.0. The minimum atomic E-state index is -0.764. The summed E-state index contributed by atoms with van der Waals surface area (Å²) in [6, 6.07) is 7.28. The van der Waals surface area contributed by atoms with Gasteiger partial charge >= 0.3 is 0 Å².